The molecular formula is C9H8O2S. The van der Waals surface area contributed by atoms with E-state index in [0.29, 0.717) is 5.75 Å². The number of phenols is 1. The van der Waals surface area contributed by atoms with Gasteiger partial charge in [0.05, 0.1) is 6.26 Å². The molecule has 2 aromatic rings. The Morgan fingerprint density at radius 2 is 2.25 bits per heavy atom. The van der Waals surface area contributed by atoms with Gasteiger partial charge in [0.25, 0.3) is 0 Å². The van der Waals surface area contributed by atoms with E-state index in [2.05, 4.69) is 12.6 Å². The third-order valence-electron chi connectivity index (χ3n) is 1.81. The first-order chi connectivity index (χ1) is 5.81. The van der Waals surface area contributed by atoms with Crippen LogP contribution in [0.5, 0.6) is 5.75 Å². The molecule has 0 saturated carbocycles. The van der Waals surface area contributed by atoms with E-state index in [9.17, 15) is 5.11 Å². The monoisotopic (exact) mass is 180 g/mol. The van der Waals surface area contributed by atoms with Gasteiger partial charge in [-0.05, 0) is 18.2 Å². The Morgan fingerprint density at radius 1 is 1.42 bits per heavy atom. The highest BCUT2D eigenvalue weighted by Gasteiger charge is 2.03. The van der Waals surface area contributed by atoms with E-state index in [0.717, 1.165) is 16.5 Å². The molecule has 0 fully saturated rings. The van der Waals surface area contributed by atoms with Gasteiger partial charge in [-0.2, -0.15) is 12.6 Å². The molecule has 1 N–H and O–H groups in total. The van der Waals surface area contributed by atoms with E-state index in [1.807, 2.05) is 0 Å². The number of hydrogen-bond acceptors (Lipinski definition) is 3. The second-order valence-corrected chi connectivity index (χ2v) is 2.92. The van der Waals surface area contributed by atoms with Crippen molar-refractivity contribution in [3.8, 4) is 5.75 Å². The summed E-state index contributed by atoms with van der Waals surface area (Å²) in [6.07, 6.45) is 1.66. The van der Waals surface area contributed by atoms with Gasteiger partial charge in [0.1, 0.15) is 11.3 Å². The highest BCUT2D eigenvalue weighted by Crippen LogP contribution is 2.25. The van der Waals surface area contributed by atoms with E-state index in [1.54, 1.807) is 24.5 Å². The van der Waals surface area contributed by atoms with E-state index in [-0.39, 0.29) is 5.75 Å². The van der Waals surface area contributed by atoms with Crippen molar-refractivity contribution in [1.82, 2.24) is 0 Å². The van der Waals surface area contributed by atoms with Crippen LogP contribution in [-0.4, -0.2) is 5.11 Å². The fourth-order valence-electron chi connectivity index (χ4n) is 1.19. The molecule has 0 radical (unpaired) electrons. The summed E-state index contributed by atoms with van der Waals surface area (Å²) < 4.78 is 5.23. The summed E-state index contributed by atoms with van der Waals surface area (Å²) in [6, 6.07) is 5.04. The average molecular weight is 180 g/mol. The van der Waals surface area contributed by atoms with Crippen molar-refractivity contribution in [2.75, 3.05) is 0 Å². The maximum atomic E-state index is 9.20. The van der Waals surface area contributed by atoms with Gasteiger partial charge in [0, 0.05) is 16.7 Å². The molecule has 0 unspecified atom stereocenters. The van der Waals surface area contributed by atoms with Gasteiger partial charge in [-0.3, -0.25) is 0 Å². The minimum absolute atomic E-state index is 0.256. The summed E-state index contributed by atoms with van der Waals surface area (Å²) in [7, 11) is 0. The second-order valence-electron chi connectivity index (χ2n) is 2.60. The van der Waals surface area contributed by atoms with Crippen LogP contribution in [0, 0.1) is 0 Å². The highest BCUT2D eigenvalue weighted by atomic mass is 32.1. The topological polar surface area (TPSA) is 33.4 Å². The average Bonchev–Trinajstić information content (AvgIpc) is 2.46. The Labute approximate surface area is 75.2 Å². The zero-order valence-corrected chi connectivity index (χ0v) is 7.21. The number of hydrogen-bond donors (Lipinski definition) is 2. The van der Waals surface area contributed by atoms with Crippen LogP contribution >= 0.6 is 12.6 Å². The van der Waals surface area contributed by atoms with Crippen molar-refractivity contribution in [1.29, 1.82) is 0 Å². The summed E-state index contributed by atoms with van der Waals surface area (Å²) in [5.41, 5.74) is 1.79. The van der Waals surface area contributed by atoms with Crippen molar-refractivity contribution in [2.24, 2.45) is 0 Å². The summed E-state index contributed by atoms with van der Waals surface area (Å²) in [5, 5.41) is 10.1. The molecule has 0 aliphatic rings. The third-order valence-corrected chi connectivity index (χ3v) is 2.15. The Hall–Kier alpha value is -1.09. The number of phenolic OH excluding ortho intramolecular Hbond substituents is 1. The number of fused-ring (bicyclic) bond motifs is 1. The second kappa shape index (κ2) is 2.75. The first-order valence-electron chi connectivity index (χ1n) is 3.61. The molecular weight excluding hydrogens is 172 g/mol. The molecule has 0 spiro atoms. The lowest BCUT2D eigenvalue weighted by atomic mass is 10.2. The highest BCUT2D eigenvalue weighted by molar-refractivity contribution is 7.79. The molecule has 0 atom stereocenters. The molecule has 3 heteroatoms. The molecule has 0 bridgehead atoms. The summed E-state index contributed by atoms with van der Waals surface area (Å²) in [4.78, 5) is 0. The van der Waals surface area contributed by atoms with Crippen LogP contribution in [0.4, 0.5) is 0 Å². The quantitative estimate of drug-likeness (QED) is 0.661. The van der Waals surface area contributed by atoms with Crippen molar-refractivity contribution in [3.63, 3.8) is 0 Å². The first kappa shape index (κ1) is 7.55. The van der Waals surface area contributed by atoms with Gasteiger partial charge < -0.3 is 9.52 Å². The number of thiol groups is 1. The lowest BCUT2D eigenvalue weighted by molar-refractivity contribution is 0.476. The molecule has 12 heavy (non-hydrogen) atoms. The fourth-order valence-corrected chi connectivity index (χ4v) is 1.44. The summed E-state index contributed by atoms with van der Waals surface area (Å²) >= 11 is 4.14. The van der Waals surface area contributed by atoms with Gasteiger partial charge in [-0.1, -0.05) is 0 Å². The molecule has 2 nitrogen and oxygen atoms in total. The van der Waals surface area contributed by atoms with E-state index < -0.39 is 0 Å². The van der Waals surface area contributed by atoms with Crippen molar-refractivity contribution >= 4 is 23.6 Å². The largest absolute Gasteiger partial charge is 0.508 e. The normalized spacial score (nSPS) is 10.8. The van der Waals surface area contributed by atoms with Crippen LogP contribution in [0.3, 0.4) is 0 Å². The van der Waals surface area contributed by atoms with E-state index in [4.69, 9.17) is 4.42 Å². The Kier molecular flexibility index (Phi) is 1.73. The van der Waals surface area contributed by atoms with Crippen molar-refractivity contribution < 1.29 is 9.52 Å². The molecule has 2 rings (SSSR count). The standard InChI is InChI=1S/C9H8O2S/c10-7-1-2-9-8(3-7)6(5-12)4-11-9/h1-4,10,12H,5H2. The zero-order chi connectivity index (χ0) is 8.55. The van der Waals surface area contributed by atoms with Crippen molar-refractivity contribution in [3.05, 3.63) is 30.0 Å². The zero-order valence-electron chi connectivity index (χ0n) is 6.32. The lowest BCUT2D eigenvalue weighted by Crippen LogP contribution is -1.72. The first-order valence-corrected chi connectivity index (χ1v) is 4.24. The molecule has 0 amide bonds. The predicted molar refractivity (Wildman–Crippen MR) is 50.6 cm³/mol. The number of rotatable bonds is 1. The number of benzene rings is 1. The molecule has 0 aliphatic heterocycles. The molecule has 1 aromatic heterocycles. The minimum Gasteiger partial charge on any atom is -0.508 e. The smallest absolute Gasteiger partial charge is 0.134 e. The van der Waals surface area contributed by atoms with Crippen LogP contribution in [0.15, 0.2) is 28.9 Å². The maximum Gasteiger partial charge on any atom is 0.134 e. The SMILES string of the molecule is Oc1ccc2occ(CS)c2c1. The lowest BCUT2D eigenvalue weighted by Gasteiger charge is -1.92. The third kappa shape index (κ3) is 1.06. The van der Waals surface area contributed by atoms with Crippen LogP contribution in [0.25, 0.3) is 11.0 Å². The van der Waals surface area contributed by atoms with Gasteiger partial charge in [-0.25, -0.2) is 0 Å². The van der Waals surface area contributed by atoms with Crippen LogP contribution in [0.2, 0.25) is 0 Å². The van der Waals surface area contributed by atoms with Gasteiger partial charge >= 0.3 is 0 Å². The van der Waals surface area contributed by atoms with E-state index in [1.165, 1.54) is 0 Å². The van der Waals surface area contributed by atoms with Crippen molar-refractivity contribution in [2.45, 2.75) is 5.75 Å². The van der Waals surface area contributed by atoms with Crippen LogP contribution in [0.1, 0.15) is 5.56 Å². The van der Waals surface area contributed by atoms with Gasteiger partial charge in [-0.15, -0.1) is 0 Å². The number of furan rings is 1. The van der Waals surface area contributed by atoms with Gasteiger partial charge in [0.2, 0.25) is 0 Å². The molecule has 1 aromatic carbocycles. The minimum atomic E-state index is 0.256. The Morgan fingerprint density at radius 3 is 3.00 bits per heavy atom. The fraction of sp³-hybridized carbons (Fsp3) is 0.111. The van der Waals surface area contributed by atoms with E-state index >= 15 is 0 Å². The summed E-state index contributed by atoms with van der Waals surface area (Å²) in [5.74, 6) is 0.878. The predicted octanol–water partition coefficient (Wildman–Crippen LogP) is 2.57. The molecule has 0 saturated heterocycles. The van der Waals surface area contributed by atoms with Crippen LogP contribution < -0.4 is 0 Å². The number of aromatic hydroxyl groups is 1. The van der Waals surface area contributed by atoms with Crippen LogP contribution in [-0.2, 0) is 5.75 Å². The maximum absolute atomic E-state index is 9.20. The summed E-state index contributed by atoms with van der Waals surface area (Å²) in [6.45, 7) is 0. The molecule has 1 heterocycles. The Balaban J connectivity index is 2.75. The molecule has 62 valence electrons. The Bertz CT molecular complexity index is 406. The van der Waals surface area contributed by atoms with Gasteiger partial charge in [0.15, 0.2) is 0 Å². The molecule has 0 aliphatic carbocycles.